The highest BCUT2D eigenvalue weighted by Gasteiger charge is 2.35. The first-order chi connectivity index (χ1) is 16.8. The van der Waals surface area contributed by atoms with Crippen molar-refractivity contribution < 1.29 is 34.8 Å². The zero-order valence-corrected chi connectivity index (χ0v) is 20.8. The highest BCUT2D eigenvalue weighted by Crippen LogP contribution is 2.29. The largest absolute Gasteiger partial charge is 0.416 e. The van der Waals surface area contributed by atoms with E-state index in [1.54, 1.807) is 0 Å². The number of amides is 1. The van der Waals surface area contributed by atoms with Gasteiger partial charge in [0.05, 0.1) is 16.9 Å². The number of carbonyl (C=O) groups is 1. The second-order valence-electron chi connectivity index (χ2n) is 8.26. The molecule has 1 fully saturated rings. The lowest BCUT2D eigenvalue weighted by Gasteiger charge is -2.24. The van der Waals surface area contributed by atoms with E-state index in [4.69, 9.17) is 0 Å². The van der Waals surface area contributed by atoms with Crippen LogP contribution in [0.5, 0.6) is 0 Å². The first-order valence-electron chi connectivity index (χ1n) is 11.0. The number of hydrogen-bond acceptors (Lipinski definition) is 5. The first kappa shape index (κ1) is 27.8. The van der Waals surface area contributed by atoms with Crippen LogP contribution in [0, 0.1) is 0 Å². The maximum absolute atomic E-state index is 13.1. The Morgan fingerprint density at radius 1 is 1.03 bits per heavy atom. The van der Waals surface area contributed by atoms with E-state index in [1.807, 2.05) is 0 Å². The van der Waals surface area contributed by atoms with Gasteiger partial charge in [0.15, 0.2) is 0 Å². The molecule has 1 amide bonds. The Bertz CT molecular complexity index is 1290. The summed E-state index contributed by atoms with van der Waals surface area (Å²) < 4.78 is 90.9. The minimum atomic E-state index is -4.43. The lowest BCUT2D eigenvalue weighted by atomic mass is 10.1. The zero-order chi connectivity index (χ0) is 26.6. The van der Waals surface area contributed by atoms with Crippen molar-refractivity contribution in [1.82, 2.24) is 14.3 Å². The van der Waals surface area contributed by atoms with E-state index in [0.717, 1.165) is 17.5 Å². The van der Waals surface area contributed by atoms with Gasteiger partial charge in [-0.25, -0.2) is 21.6 Å². The Hall–Kier alpha value is -2.74. The van der Waals surface area contributed by atoms with E-state index in [-0.39, 0.29) is 36.9 Å². The summed E-state index contributed by atoms with van der Waals surface area (Å²) in [7, 11) is -7.55. The third-order valence-electron chi connectivity index (χ3n) is 5.73. The lowest BCUT2D eigenvalue weighted by molar-refractivity contribution is -0.137. The van der Waals surface area contributed by atoms with E-state index in [0.29, 0.717) is 24.0 Å². The molecule has 1 atom stereocenters. The average molecular weight is 546 g/mol. The molecule has 1 aliphatic rings. The van der Waals surface area contributed by atoms with Crippen molar-refractivity contribution in [3.05, 3.63) is 77.2 Å². The van der Waals surface area contributed by atoms with Crippen molar-refractivity contribution in [1.29, 1.82) is 0 Å². The summed E-state index contributed by atoms with van der Waals surface area (Å²) in [5.74, 6) is -0.375. The zero-order valence-electron chi connectivity index (χ0n) is 19.2. The van der Waals surface area contributed by atoms with Gasteiger partial charge in [0, 0.05) is 31.1 Å². The molecule has 0 radical (unpaired) electrons. The van der Waals surface area contributed by atoms with Crippen LogP contribution in [0.4, 0.5) is 13.2 Å². The van der Waals surface area contributed by atoms with Crippen LogP contribution in [0.2, 0.25) is 0 Å². The Kier molecular flexibility index (Phi) is 8.59. The maximum Gasteiger partial charge on any atom is 0.416 e. The number of alkyl halides is 3. The summed E-state index contributed by atoms with van der Waals surface area (Å²) in [6.07, 6.45) is -3.37. The number of halogens is 3. The van der Waals surface area contributed by atoms with Crippen molar-refractivity contribution >= 4 is 26.0 Å². The molecule has 1 saturated heterocycles. The summed E-state index contributed by atoms with van der Waals surface area (Å²) in [6, 6.07) is 9.73. The monoisotopic (exact) mass is 545 g/mol. The third kappa shape index (κ3) is 7.15. The fraction of sp³-hybridized carbons (Fsp3) is 0.348. The molecule has 0 spiro atoms. The summed E-state index contributed by atoms with van der Waals surface area (Å²) in [6.45, 7) is 3.46. The molecule has 2 aromatic carbocycles. The van der Waals surface area contributed by atoms with Gasteiger partial charge < -0.3 is 5.32 Å². The molecule has 0 unspecified atom stereocenters. The van der Waals surface area contributed by atoms with Crippen molar-refractivity contribution in [2.24, 2.45) is 0 Å². The summed E-state index contributed by atoms with van der Waals surface area (Å²) >= 11 is 0. The molecule has 8 nitrogen and oxygen atoms in total. The molecule has 13 heteroatoms. The summed E-state index contributed by atoms with van der Waals surface area (Å²) in [5, 5.41) is 3.39. The van der Waals surface area contributed by atoms with Crippen molar-refractivity contribution in [3.63, 3.8) is 0 Å². The molecule has 196 valence electrons. The van der Waals surface area contributed by atoms with E-state index < -0.39 is 37.8 Å². The number of rotatable bonds is 10. The lowest BCUT2D eigenvalue weighted by Crippen LogP contribution is -2.42. The van der Waals surface area contributed by atoms with Gasteiger partial charge in [-0.1, -0.05) is 30.8 Å². The first-order valence-corrected chi connectivity index (χ1v) is 14.0. The number of nitrogens with zero attached hydrogens (tertiary/aromatic N) is 1. The Morgan fingerprint density at radius 2 is 1.64 bits per heavy atom. The average Bonchev–Trinajstić information content (AvgIpc) is 3.31. The van der Waals surface area contributed by atoms with Crippen LogP contribution < -0.4 is 10.0 Å². The Labute approximate surface area is 208 Å². The molecular formula is C23H26F3N3O5S2. The SMILES string of the molecule is C=CS(=O)(=O)NC[C@H]1CCCN1S(=O)(=O)c1ccc(CC(=O)NCc2ccc(C(F)(F)F)cc2)cc1. The quantitative estimate of drug-likeness (QED) is 0.477. The second-order valence-corrected chi connectivity index (χ2v) is 11.9. The molecule has 2 N–H and O–H groups in total. The van der Waals surface area contributed by atoms with Crippen LogP contribution in [0.1, 0.15) is 29.5 Å². The van der Waals surface area contributed by atoms with E-state index in [2.05, 4.69) is 16.6 Å². The Balaban J connectivity index is 1.58. The van der Waals surface area contributed by atoms with Crippen LogP contribution in [0.25, 0.3) is 0 Å². The summed E-state index contributed by atoms with van der Waals surface area (Å²) in [5.41, 5.74) is 0.287. The topological polar surface area (TPSA) is 113 Å². The number of carbonyl (C=O) groups excluding carboxylic acids is 1. The van der Waals surface area contributed by atoms with Crippen LogP contribution >= 0.6 is 0 Å². The third-order valence-corrected chi connectivity index (χ3v) is 8.70. The molecule has 3 rings (SSSR count). The van der Waals surface area contributed by atoms with E-state index >= 15 is 0 Å². The van der Waals surface area contributed by atoms with Crippen molar-refractivity contribution in [2.45, 2.75) is 42.9 Å². The second kappa shape index (κ2) is 11.1. The normalized spacial score (nSPS) is 17.1. The predicted octanol–water partition coefficient (Wildman–Crippen LogP) is 2.78. The van der Waals surface area contributed by atoms with Gasteiger partial charge in [-0.3, -0.25) is 4.79 Å². The fourth-order valence-electron chi connectivity index (χ4n) is 3.78. The molecule has 0 saturated carbocycles. The van der Waals surface area contributed by atoms with Crippen LogP contribution in [0.3, 0.4) is 0 Å². The standard InChI is InChI=1S/C23H26F3N3O5S2/c1-2-35(31,32)28-16-20-4-3-13-29(20)36(33,34)21-11-7-17(8-12-21)14-22(30)27-15-18-5-9-19(10-6-18)23(24,25)26/h2,5-12,20,28H,1,3-4,13-16H2,(H,27,30)/t20-/m1/s1. The number of sulfonamides is 2. The molecule has 0 aliphatic carbocycles. The van der Waals surface area contributed by atoms with Crippen LogP contribution in [0.15, 0.2) is 65.4 Å². The predicted molar refractivity (Wildman–Crippen MR) is 127 cm³/mol. The number of hydrogen-bond donors (Lipinski definition) is 2. The van der Waals surface area contributed by atoms with Crippen molar-refractivity contribution in [2.75, 3.05) is 13.1 Å². The number of nitrogens with one attached hydrogen (secondary N) is 2. The van der Waals surface area contributed by atoms with Gasteiger partial charge in [-0.05, 0) is 48.2 Å². The molecule has 1 aliphatic heterocycles. The van der Waals surface area contributed by atoms with Gasteiger partial charge in [-0.15, -0.1) is 0 Å². The van der Waals surface area contributed by atoms with Gasteiger partial charge in [0.2, 0.25) is 26.0 Å². The van der Waals surface area contributed by atoms with Gasteiger partial charge in [0.25, 0.3) is 0 Å². The maximum atomic E-state index is 13.1. The minimum Gasteiger partial charge on any atom is -0.352 e. The summed E-state index contributed by atoms with van der Waals surface area (Å²) in [4.78, 5) is 12.3. The highest BCUT2D eigenvalue weighted by atomic mass is 32.2. The van der Waals surface area contributed by atoms with Gasteiger partial charge in [0.1, 0.15) is 0 Å². The van der Waals surface area contributed by atoms with E-state index in [9.17, 15) is 34.8 Å². The van der Waals surface area contributed by atoms with Crippen LogP contribution in [-0.2, 0) is 44.0 Å². The fourth-order valence-corrected chi connectivity index (χ4v) is 6.01. The molecule has 0 aromatic heterocycles. The number of benzene rings is 2. The molecule has 0 bridgehead atoms. The Morgan fingerprint density at radius 3 is 2.22 bits per heavy atom. The van der Waals surface area contributed by atoms with E-state index in [1.165, 1.54) is 40.7 Å². The molecule has 1 heterocycles. The smallest absolute Gasteiger partial charge is 0.352 e. The van der Waals surface area contributed by atoms with Gasteiger partial charge in [-0.2, -0.15) is 17.5 Å². The minimum absolute atomic E-state index is 0.0230. The van der Waals surface area contributed by atoms with Gasteiger partial charge >= 0.3 is 6.18 Å². The molecule has 2 aromatic rings. The molecular weight excluding hydrogens is 519 g/mol. The van der Waals surface area contributed by atoms with Crippen LogP contribution in [-0.4, -0.2) is 46.2 Å². The highest BCUT2D eigenvalue weighted by molar-refractivity contribution is 7.92. The molecule has 36 heavy (non-hydrogen) atoms. The van der Waals surface area contributed by atoms with Crippen molar-refractivity contribution in [3.8, 4) is 0 Å².